The molecule has 1 aliphatic carbocycles. The van der Waals surface area contributed by atoms with Crippen LogP contribution < -0.4 is 11.2 Å². The van der Waals surface area contributed by atoms with E-state index >= 15 is 0 Å². The zero-order chi connectivity index (χ0) is 12.5. The van der Waals surface area contributed by atoms with Crippen LogP contribution in [-0.2, 0) is 15.6 Å². The quantitative estimate of drug-likeness (QED) is 0.800. The molecule has 6 heteroatoms. The Hall–Kier alpha value is -0.460. The van der Waals surface area contributed by atoms with E-state index in [1.54, 1.807) is 0 Å². The van der Waals surface area contributed by atoms with E-state index in [1.807, 2.05) is 0 Å². The van der Waals surface area contributed by atoms with Crippen molar-refractivity contribution in [3.05, 3.63) is 0 Å². The van der Waals surface area contributed by atoms with Crippen LogP contribution in [0.5, 0.6) is 0 Å². The Morgan fingerprint density at radius 2 is 2.35 bits per heavy atom. The third kappa shape index (κ3) is 2.86. The van der Waals surface area contributed by atoms with Gasteiger partial charge < -0.3 is 5.73 Å². The predicted octanol–water partition coefficient (Wildman–Crippen LogP) is 1.29. The first-order valence-corrected chi connectivity index (χ1v) is 7.21. The van der Waals surface area contributed by atoms with Crippen LogP contribution in [0.3, 0.4) is 0 Å². The van der Waals surface area contributed by atoms with Crippen molar-refractivity contribution in [2.75, 3.05) is 6.54 Å². The van der Waals surface area contributed by atoms with Gasteiger partial charge >= 0.3 is 11.3 Å². The summed E-state index contributed by atoms with van der Waals surface area (Å²) < 4.78 is 19.7. The molecule has 98 valence electrons. The van der Waals surface area contributed by atoms with Crippen LogP contribution >= 0.6 is 0 Å². The highest BCUT2D eigenvalue weighted by molar-refractivity contribution is 7.79. The minimum Gasteiger partial charge on any atom is -0.330 e. The molecule has 3 N–H and O–H groups in total. The molecule has 0 saturated heterocycles. The van der Waals surface area contributed by atoms with Crippen molar-refractivity contribution in [3.8, 4) is 0 Å². The molecule has 2 rings (SSSR count). The maximum absolute atomic E-state index is 11.0. The smallest absolute Gasteiger partial charge is 0.309 e. The highest BCUT2D eigenvalue weighted by atomic mass is 32.2. The highest BCUT2D eigenvalue weighted by Gasteiger charge is 2.38. The van der Waals surface area contributed by atoms with Gasteiger partial charge in [-0.3, -0.25) is 0 Å². The minimum absolute atomic E-state index is 0.0929. The van der Waals surface area contributed by atoms with Crippen molar-refractivity contribution < 1.29 is 8.49 Å². The summed E-state index contributed by atoms with van der Waals surface area (Å²) in [4.78, 5) is 0. The SMILES string of the molecule is C[C@@H]1CCC(CN)(CC2=NS(=O)ON2)C[C@H]1C. The van der Waals surface area contributed by atoms with Gasteiger partial charge in [-0.1, -0.05) is 13.8 Å². The van der Waals surface area contributed by atoms with Gasteiger partial charge in [0.1, 0.15) is 5.84 Å². The summed E-state index contributed by atoms with van der Waals surface area (Å²) in [6, 6.07) is 0. The third-order valence-corrected chi connectivity index (χ3v) is 4.84. The van der Waals surface area contributed by atoms with Crippen LogP contribution in [0.25, 0.3) is 0 Å². The van der Waals surface area contributed by atoms with Crippen LogP contribution in [-0.4, -0.2) is 16.6 Å². The van der Waals surface area contributed by atoms with Crippen molar-refractivity contribution in [2.45, 2.75) is 39.5 Å². The Morgan fingerprint density at radius 3 is 2.88 bits per heavy atom. The van der Waals surface area contributed by atoms with Crippen molar-refractivity contribution in [3.63, 3.8) is 0 Å². The first-order chi connectivity index (χ1) is 8.04. The second kappa shape index (κ2) is 5.04. The number of hydrogen-bond acceptors (Lipinski definition) is 4. The fourth-order valence-corrected chi connectivity index (χ4v) is 3.34. The van der Waals surface area contributed by atoms with Crippen molar-refractivity contribution in [2.24, 2.45) is 27.4 Å². The Morgan fingerprint density at radius 1 is 1.59 bits per heavy atom. The second-order valence-corrected chi connectivity index (χ2v) is 6.30. The molecule has 1 heterocycles. The topological polar surface area (TPSA) is 76.7 Å². The van der Waals surface area contributed by atoms with E-state index in [0.717, 1.165) is 25.2 Å². The molecule has 1 aliphatic heterocycles. The molecule has 0 spiro atoms. The number of hydroxylamine groups is 1. The number of rotatable bonds is 3. The van der Waals surface area contributed by atoms with Gasteiger partial charge in [-0.15, -0.1) is 4.40 Å². The maximum Gasteiger partial charge on any atom is 0.309 e. The summed E-state index contributed by atoms with van der Waals surface area (Å²) in [6.45, 7) is 5.23. The van der Waals surface area contributed by atoms with Crippen LogP contribution in [0.2, 0.25) is 0 Å². The van der Waals surface area contributed by atoms with Gasteiger partial charge in [0.15, 0.2) is 0 Å². The van der Waals surface area contributed by atoms with Gasteiger partial charge in [-0.05, 0) is 43.1 Å². The molecule has 2 unspecified atom stereocenters. The monoisotopic (exact) mass is 259 g/mol. The molecule has 0 radical (unpaired) electrons. The Labute approximate surface area is 105 Å². The standard InChI is InChI=1S/C11H21N3O2S/c1-8-3-4-11(7-12,5-9(8)2)6-10-13-16-17(15)14-10/h8-9H,3-7,12H2,1-2H3,(H,13,14)/t8-,9-,11?,17?/m1/s1. The van der Waals surface area contributed by atoms with Crippen LogP contribution in [0, 0.1) is 17.3 Å². The summed E-state index contributed by atoms with van der Waals surface area (Å²) in [7, 11) is 0. The molecule has 4 atom stereocenters. The second-order valence-electron chi connectivity index (χ2n) is 5.52. The molecule has 1 saturated carbocycles. The average Bonchev–Trinajstić information content (AvgIpc) is 2.69. The van der Waals surface area contributed by atoms with Gasteiger partial charge in [-0.25, -0.2) is 9.69 Å². The van der Waals surface area contributed by atoms with Crippen LogP contribution in [0.1, 0.15) is 39.5 Å². The number of nitrogens with two attached hydrogens (primary N) is 1. The van der Waals surface area contributed by atoms with Crippen molar-refractivity contribution in [1.29, 1.82) is 0 Å². The van der Waals surface area contributed by atoms with Crippen molar-refractivity contribution in [1.82, 2.24) is 5.48 Å². The fraction of sp³-hybridized carbons (Fsp3) is 0.909. The molecule has 0 bridgehead atoms. The van der Waals surface area contributed by atoms with Gasteiger partial charge in [-0.2, -0.15) is 4.28 Å². The predicted molar refractivity (Wildman–Crippen MR) is 68.1 cm³/mol. The summed E-state index contributed by atoms with van der Waals surface area (Å²) in [6.07, 6.45) is 4.17. The van der Waals surface area contributed by atoms with E-state index in [0.29, 0.717) is 18.3 Å². The largest absolute Gasteiger partial charge is 0.330 e. The number of nitrogens with one attached hydrogen (secondary N) is 1. The molecule has 17 heavy (non-hydrogen) atoms. The Kier molecular flexibility index (Phi) is 3.85. The normalized spacial score (nSPS) is 42.1. The number of amidine groups is 1. The lowest BCUT2D eigenvalue weighted by molar-refractivity contribution is 0.115. The van der Waals surface area contributed by atoms with E-state index < -0.39 is 11.3 Å². The van der Waals surface area contributed by atoms with Crippen molar-refractivity contribution >= 4 is 17.1 Å². The molecule has 0 aromatic rings. The number of nitrogens with zero attached hydrogens (tertiary/aromatic N) is 1. The molecule has 0 aromatic carbocycles. The average molecular weight is 259 g/mol. The maximum atomic E-state index is 11.0. The lowest BCUT2D eigenvalue weighted by atomic mass is 9.64. The summed E-state index contributed by atoms with van der Waals surface area (Å²) in [5.74, 6) is 2.12. The Balaban J connectivity index is 2.05. The van der Waals surface area contributed by atoms with E-state index in [2.05, 4.69) is 23.7 Å². The minimum atomic E-state index is -1.56. The molecule has 1 fully saturated rings. The zero-order valence-electron chi connectivity index (χ0n) is 10.4. The highest BCUT2D eigenvalue weighted by Crippen LogP contribution is 2.44. The summed E-state index contributed by atoms with van der Waals surface area (Å²) in [5, 5.41) is 0. The fourth-order valence-electron chi connectivity index (χ4n) is 2.86. The van der Waals surface area contributed by atoms with E-state index in [-0.39, 0.29) is 5.41 Å². The third-order valence-electron chi connectivity index (χ3n) is 4.25. The van der Waals surface area contributed by atoms with Gasteiger partial charge in [0.25, 0.3) is 0 Å². The van der Waals surface area contributed by atoms with Crippen LogP contribution in [0.15, 0.2) is 4.40 Å². The zero-order valence-corrected chi connectivity index (χ0v) is 11.3. The molecule has 0 amide bonds. The van der Waals surface area contributed by atoms with E-state index in [9.17, 15) is 4.21 Å². The molecule has 2 aliphatic rings. The lowest BCUT2D eigenvalue weighted by Gasteiger charge is -2.42. The summed E-state index contributed by atoms with van der Waals surface area (Å²) in [5.41, 5.74) is 8.69. The molecule has 5 nitrogen and oxygen atoms in total. The lowest BCUT2D eigenvalue weighted by Crippen LogP contribution is -2.41. The Bertz CT molecular complexity index is 348. The number of hydrogen-bond donors (Lipinski definition) is 2. The van der Waals surface area contributed by atoms with E-state index in [1.165, 1.54) is 6.42 Å². The molecular weight excluding hydrogens is 238 g/mol. The van der Waals surface area contributed by atoms with Gasteiger partial charge in [0, 0.05) is 6.42 Å². The van der Waals surface area contributed by atoms with E-state index in [4.69, 9.17) is 10.0 Å². The molecule has 0 aromatic heterocycles. The molecular formula is C11H21N3O2S. The van der Waals surface area contributed by atoms with Crippen LogP contribution in [0.4, 0.5) is 0 Å². The summed E-state index contributed by atoms with van der Waals surface area (Å²) >= 11 is -1.56. The first-order valence-electron chi connectivity index (χ1n) is 6.17. The first kappa shape index (κ1) is 13.0. The van der Waals surface area contributed by atoms with Gasteiger partial charge in [0.2, 0.25) is 0 Å². The van der Waals surface area contributed by atoms with Gasteiger partial charge in [0.05, 0.1) is 0 Å².